The van der Waals surface area contributed by atoms with Crippen LogP contribution in [0.4, 0.5) is 13.6 Å². The number of alkyl halides is 2. The third kappa shape index (κ3) is 6.83. The van der Waals surface area contributed by atoms with Crippen LogP contribution in [0.3, 0.4) is 0 Å². The van der Waals surface area contributed by atoms with Crippen LogP contribution in [0.5, 0.6) is 0 Å². The van der Waals surface area contributed by atoms with Gasteiger partial charge >= 0.3 is 11.9 Å². The molecule has 2 aromatic rings. The number of carbonyl (C=O) groups excluding carboxylic acids is 3. The van der Waals surface area contributed by atoms with Crippen LogP contribution in [-0.4, -0.2) is 77.4 Å². The first-order valence-electron chi connectivity index (χ1n) is 11.1. The molecule has 1 aliphatic heterocycles. The van der Waals surface area contributed by atoms with Gasteiger partial charge in [0.25, 0.3) is 17.7 Å². The maximum Gasteiger partial charge on any atom is 0.318 e. The van der Waals surface area contributed by atoms with E-state index in [1.807, 2.05) is 0 Å². The van der Waals surface area contributed by atoms with E-state index >= 15 is 8.78 Å². The Hall–Kier alpha value is -3.34. The Kier molecular flexibility index (Phi) is 8.69. The molecule has 2 heterocycles. The molecule has 34 heavy (non-hydrogen) atoms. The zero-order chi connectivity index (χ0) is 24.6. The van der Waals surface area contributed by atoms with Crippen LogP contribution in [-0.2, 0) is 16.0 Å². The fraction of sp³-hybridized carbons (Fsp3) is 0.478. The predicted molar refractivity (Wildman–Crippen MR) is 117 cm³/mol. The van der Waals surface area contributed by atoms with Crippen molar-refractivity contribution < 1.29 is 32.3 Å². The average molecular weight is 478 g/mol. The summed E-state index contributed by atoms with van der Waals surface area (Å²) in [6.45, 7) is 2.83. The second kappa shape index (κ2) is 11.7. The van der Waals surface area contributed by atoms with Crippen LogP contribution in [0.25, 0.3) is 0 Å². The van der Waals surface area contributed by atoms with Gasteiger partial charge in [-0.1, -0.05) is 37.3 Å². The minimum absolute atomic E-state index is 0.0474. The van der Waals surface area contributed by atoms with Gasteiger partial charge in [0.15, 0.2) is 0 Å². The Bertz CT molecular complexity index is 950. The summed E-state index contributed by atoms with van der Waals surface area (Å²) in [7, 11) is 0. The molecule has 1 N–H and O–H groups in total. The molecule has 1 aliphatic rings. The fourth-order valence-corrected chi connectivity index (χ4v) is 3.64. The van der Waals surface area contributed by atoms with E-state index in [0.717, 1.165) is 4.90 Å². The number of aromatic nitrogens is 1. The normalized spacial score (nSPS) is 15.0. The lowest BCUT2D eigenvalue weighted by molar-refractivity contribution is -0.133. The number of ether oxygens (including phenoxy) is 1. The summed E-state index contributed by atoms with van der Waals surface area (Å²) in [5.74, 6) is -5.46. The van der Waals surface area contributed by atoms with Gasteiger partial charge in [0.2, 0.25) is 0 Å². The molecule has 0 bridgehead atoms. The summed E-state index contributed by atoms with van der Waals surface area (Å²) in [5.41, 5.74) is 0.388. The number of benzene rings is 1. The second-order valence-electron chi connectivity index (χ2n) is 7.96. The van der Waals surface area contributed by atoms with Crippen LogP contribution in [0.1, 0.15) is 36.0 Å². The number of nitrogens with one attached hydrogen (secondary N) is 1. The molecule has 11 heteroatoms. The van der Waals surface area contributed by atoms with Crippen molar-refractivity contribution in [3.05, 3.63) is 54.2 Å². The van der Waals surface area contributed by atoms with Gasteiger partial charge < -0.3 is 19.4 Å². The molecule has 4 amide bonds. The highest BCUT2D eigenvalue weighted by Gasteiger charge is 2.40. The molecule has 9 nitrogen and oxygen atoms in total. The van der Waals surface area contributed by atoms with Gasteiger partial charge in [0.05, 0.1) is 19.4 Å². The molecular weight excluding hydrogens is 450 g/mol. The predicted octanol–water partition coefficient (Wildman–Crippen LogP) is 2.73. The van der Waals surface area contributed by atoms with Crippen molar-refractivity contribution in [3.8, 4) is 0 Å². The van der Waals surface area contributed by atoms with Crippen molar-refractivity contribution in [3.63, 3.8) is 0 Å². The van der Waals surface area contributed by atoms with E-state index in [1.165, 1.54) is 17.4 Å². The third-order valence-corrected chi connectivity index (χ3v) is 5.28. The number of hydrogen-bond donors (Lipinski definition) is 1. The van der Waals surface area contributed by atoms with Crippen molar-refractivity contribution in [1.29, 1.82) is 0 Å². The number of carbonyl (C=O) groups is 3. The minimum atomic E-state index is -3.33. The number of imide groups is 1. The summed E-state index contributed by atoms with van der Waals surface area (Å²) in [6, 6.07) is 5.82. The van der Waals surface area contributed by atoms with E-state index in [0.29, 0.717) is 25.2 Å². The van der Waals surface area contributed by atoms with E-state index in [1.54, 1.807) is 37.3 Å². The molecule has 1 aromatic heterocycles. The van der Waals surface area contributed by atoms with E-state index in [9.17, 15) is 14.4 Å². The minimum Gasteiger partial charge on any atom is -0.441 e. The van der Waals surface area contributed by atoms with Crippen molar-refractivity contribution in [2.75, 3.05) is 32.8 Å². The lowest BCUT2D eigenvalue weighted by Gasteiger charge is -2.32. The molecule has 1 atom stereocenters. The quantitative estimate of drug-likeness (QED) is 0.594. The van der Waals surface area contributed by atoms with Crippen molar-refractivity contribution >= 4 is 17.8 Å². The first kappa shape index (κ1) is 25.3. The zero-order valence-corrected chi connectivity index (χ0v) is 18.9. The van der Waals surface area contributed by atoms with Crippen LogP contribution in [0.2, 0.25) is 0 Å². The Morgan fingerprint density at radius 2 is 1.91 bits per heavy atom. The molecule has 3 rings (SSSR count). The standard InChI is InChI=1S/C23H28F2N4O5/c1-2-9-29(21(31)19-26-8-12-34-19)20(30)18(27-22(32)28-10-13-33-14-11-28)16-23(24,25)15-17-6-4-3-5-7-17/h3-8,12,18H,2,9-11,13-16H2,1H3,(H,27,32). The lowest BCUT2D eigenvalue weighted by atomic mass is 9.99. The highest BCUT2D eigenvalue weighted by atomic mass is 19.3. The molecule has 0 radical (unpaired) electrons. The largest absolute Gasteiger partial charge is 0.441 e. The number of oxazole rings is 1. The lowest BCUT2D eigenvalue weighted by Crippen LogP contribution is -2.56. The number of morpholine rings is 1. The molecular formula is C23H28F2N4O5. The fourth-order valence-electron chi connectivity index (χ4n) is 3.64. The molecule has 0 aliphatic carbocycles. The molecule has 0 saturated carbocycles. The Morgan fingerprint density at radius 3 is 2.53 bits per heavy atom. The van der Waals surface area contributed by atoms with Gasteiger partial charge in [-0.2, -0.15) is 0 Å². The SMILES string of the molecule is CCCN(C(=O)c1ncco1)C(=O)C(CC(F)(F)Cc1ccccc1)NC(=O)N1CCOCC1. The molecule has 0 spiro atoms. The number of urea groups is 1. The summed E-state index contributed by atoms with van der Waals surface area (Å²) in [6.07, 6.45) is 1.20. The summed E-state index contributed by atoms with van der Waals surface area (Å²) < 4.78 is 40.3. The Morgan fingerprint density at radius 1 is 1.21 bits per heavy atom. The van der Waals surface area contributed by atoms with E-state index in [2.05, 4.69) is 10.3 Å². The van der Waals surface area contributed by atoms with Crippen LogP contribution >= 0.6 is 0 Å². The molecule has 1 fully saturated rings. The average Bonchev–Trinajstić information content (AvgIpc) is 3.37. The van der Waals surface area contributed by atoms with Gasteiger partial charge in [-0.05, 0) is 12.0 Å². The molecule has 1 aromatic carbocycles. The van der Waals surface area contributed by atoms with Crippen LogP contribution < -0.4 is 5.32 Å². The van der Waals surface area contributed by atoms with Crippen molar-refractivity contribution in [2.45, 2.75) is 38.2 Å². The van der Waals surface area contributed by atoms with Crippen LogP contribution in [0, 0.1) is 0 Å². The number of amides is 4. The summed E-state index contributed by atoms with van der Waals surface area (Å²) >= 11 is 0. The number of hydrogen-bond acceptors (Lipinski definition) is 6. The first-order valence-corrected chi connectivity index (χ1v) is 11.1. The Balaban J connectivity index is 1.83. The van der Waals surface area contributed by atoms with Gasteiger partial charge in [0.1, 0.15) is 12.3 Å². The van der Waals surface area contributed by atoms with Crippen LogP contribution in [0.15, 0.2) is 47.2 Å². The molecule has 184 valence electrons. The maximum atomic E-state index is 15.1. The molecule has 1 unspecified atom stereocenters. The number of halogens is 2. The third-order valence-electron chi connectivity index (χ3n) is 5.28. The topological polar surface area (TPSA) is 105 Å². The number of nitrogens with zero attached hydrogens (tertiary/aromatic N) is 3. The van der Waals surface area contributed by atoms with Gasteiger partial charge in [0, 0.05) is 32.5 Å². The number of rotatable bonds is 9. The van der Waals surface area contributed by atoms with Gasteiger partial charge in [-0.15, -0.1) is 0 Å². The second-order valence-corrected chi connectivity index (χ2v) is 7.96. The summed E-state index contributed by atoms with van der Waals surface area (Å²) in [5, 5.41) is 2.42. The maximum absolute atomic E-state index is 15.1. The molecule has 1 saturated heterocycles. The first-order chi connectivity index (χ1) is 16.3. The van der Waals surface area contributed by atoms with E-state index < -0.39 is 42.7 Å². The van der Waals surface area contributed by atoms with E-state index in [-0.39, 0.29) is 25.5 Å². The smallest absolute Gasteiger partial charge is 0.318 e. The Labute approximate surface area is 196 Å². The van der Waals surface area contributed by atoms with Crippen molar-refractivity contribution in [2.24, 2.45) is 0 Å². The van der Waals surface area contributed by atoms with E-state index in [4.69, 9.17) is 9.15 Å². The van der Waals surface area contributed by atoms with Gasteiger partial charge in [-0.3, -0.25) is 14.5 Å². The van der Waals surface area contributed by atoms with Gasteiger partial charge in [-0.25, -0.2) is 18.6 Å². The zero-order valence-electron chi connectivity index (χ0n) is 18.9. The summed E-state index contributed by atoms with van der Waals surface area (Å²) in [4.78, 5) is 44.9. The highest BCUT2D eigenvalue weighted by molar-refractivity contribution is 6.04. The van der Waals surface area contributed by atoms with Crippen molar-refractivity contribution in [1.82, 2.24) is 20.1 Å². The highest BCUT2D eigenvalue weighted by Crippen LogP contribution is 2.27. The monoisotopic (exact) mass is 478 g/mol.